The highest BCUT2D eigenvalue weighted by Crippen LogP contribution is 2.25. The molecule has 0 spiro atoms. The van der Waals surface area contributed by atoms with Crippen LogP contribution in [0.3, 0.4) is 0 Å². The van der Waals surface area contributed by atoms with Crippen molar-refractivity contribution in [3.05, 3.63) is 20.4 Å². The Labute approximate surface area is 381 Å². The molecular formula is C53H98N2O7. The Morgan fingerprint density at radius 2 is 0.806 bits per heavy atom. The van der Waals surface area contributed by atoms with Crippen LogP contribution in [0.5, 0.6) is 5.75 Å². The molecule has 0 radical (unpaired) electrons. The van der Waals surface area contributed by atoms with Crippen LogP contribution in [-0.4, -0.2) is 69.4 Å². The molecule has 0 fully saturated rings. The van der Waals surface area contributed by atoms with E-state index >= 15 is 0 Å². The van der Waals surface area contributed by atoms with Crippen molar-refractivity contribution < 1.29 is 23.8 Å². The van der Waals surface area contributed by atoms with Gasteiger partial charge in [-0.2, -0.15) is 0 Å². The van der Waals surface area contributed by atoms with Crippen LogP contribution in [0.1, 0.15) is 252 Å². The van der Waals surface area contributed by atoms with Crippen molar-refractivity contribution >= 4 is 17.6 Å². The van der Waals surface area contributed by atoms with Crippen molar-refractivity contribution in [1.82, 2.24) is 4.90 Å². The van der Waals surface area contributed by atoms with Gasteiger partial charge < -0.3 is 24.0 Å². The second-order valence-electron chi connectivity index (χ2n) is 18.7. The van der Waals surface area contributed by atoms with Gasteiger partial charge in [0, 0.05) is 32.5 Å². The maximum Gasteiger partial charge on any atom is 0.306 e. The summed E-state index contributed by atoms with van der Waals surface area (Å²) in [6, 6.07) is 0. The van der Waals surface area contributed by atoms with Gasteiger partial charge in [-0.15, -0.1) is 0 Å². The third-order valence-corrected chi connectivity index (χ3v) is 12.4. The Balaban J connectivity index is 2.54. The Hall–Kier alpha value is -2.42. The number of nitrogens with zero attached hydrogens (tertiary/aromatic N) is 2. The van der Waals surface area contributed by atoms with E-state index in [2.05, 4.69) is 32.6 Å². The lowest BCUT2D eigenvalue weighted by molar-refractivity contribution is -0.151. The van der Waals surface area contributed by atoms with Crippen molar-refractivity contribution in [3.8, 4) is 5.75 Å². The number of rotatable bonds is 46. The van der Waals surface area contributed by atoms with E-state index in [1.54, 1.807) is 0 Å². The Morgan fingerprint density at radius 3 is 1.21 bits per heavy atom. The van der Waals surface area contributed by atoms with E-state index < -0.39 is 10.9 Å². The van der Waals surface area contributed by atoms with Gasteiger partial charge >= 0.3 is 11.9 Å². The molecule has 1 aromatic carbocycles. The molecule has 0 saturated heterocycles. The standard InChI is InChI=1S/C53H98N2O7/c1-7-11-14-17-22-29-37-46(36-10-4)61-48(56)40-32-25-20-27-34-42-55(50-51(58)52(59)53(50)60-45-44-54(5)6)43-35-28-21-26-33-41-49(57)62-47(38-30-23-18-15-12-8-2)39-31-24-19-16-13-9-3/h46-47H,7-45H2,1-6H3. The smallest absolute Gasteiger partial charge is 0.306 e. The molecular weight excluding hydrogens is 777 g/mol. The molecule has 9 nitrogen and oxygen atoms in total. The molecule has 9 heteroatoms. The van der Waals surface area contributed by atoms with Crippen LogP contribution in [0.4, 0.5) is 5.69 Å². The summed E-state index contributed by atoms with van der Waals surface area (Å²) in [5.74, 6) is 0.117. The fraction of sp³-hybridized carbons (Fsp3) is 0.887. The zero-order chi connectivity index (χ0) is 45.5. The highest BCUT2D eigenvalue weighted by molar-refractivity contribution is 5.69. The number of hydrogen-bond donors (Lipinski definition) is 0. The average molecular weight is 875 g/mol. The average Bonchev–Trinajstić information content (AvgIpc) is 3.25. The topological polar surface area (TPSA) is 102 Å². The lowest BCUT2D eigenvalue weighted by Gasteiger charge is -2.27. The van der Waals surface area contributed by atoms with Crippen LogP contribution in [0.25, 0.3) is 0 Å². The number of carbonyl (C=O) groups excluding carboxylic acids is 2. The van der Waals surface area contributed by atoms with Crippen molar-refractivity contribution in [2.45, 2.75) is 265 Å². The van der Waals surface area contributed by atoms with Crippen LogP contribution in [0.2, 0.25) is 0 Å². The highest BCUT2D eigenvalue weighted by Gasteiger charge is 2.27. The van der Waals surface area contributed by atoms with E-state index in [-0.39, 0.29) is 29.9 Å². The fourth-order valence-corrected chi connectivity index (χ4v) is 8.44. The Bertz CT molecular complexity index is 1260. The van der Waals surface area contributed by atoms with E-state index in [0.29, 0.717) is 44.8 Å². The number of anilines is 1. The zero-order valence-electron chi connectivity index (χ0n) is 41.5. The first-order chi connectivity index (χ1) is 30.2. The number of hydrogen-bond acceptors (Lipinski definition) is 9. The molecule has 0 aliphatic heterocycles. The minimum Gasteiger partial charge on any atom is -0.486 e. The number of carbonyl (C=O) groups is 2. The van der Waals surface area contributed by atoms with E-state index in [1.165, 1.54) is 96.3 Å². The Morgan fingerprint density at radius 1 is 0.435 bits per heavy atom. The molecule has 0 N–H and O–H groups in total. The molecule has 362 valence electrons. The van der Waals surface area contributed by atoms with Crippen LogP contribution < -0.4 is 20.5 Å². The molecule has 0 bridgehead atoms. The van der Waals surface area contributed by atoms with E-state index in [9.17, 15) is 19.2 Å². The van der Waals surface area contributed by atoms with Gasteiger partial charge in [0.25, 0.3) is 10.9 Å². The molecule has 0 aromatic heterocycles. The highest BCUT2D eigenvalue weighted by atomic mass is 16.5. The maximum absolute atomic E-state index is 12.9. The minimum atomic E-state index is -0.517. The Kier molecular flexibility index (Phi) is 37.3. The molecule has 0 saturated carbocycles. The molecule has 62 heavy (non-hydrogen) atoms. The van der Waals surface area contributed by atoms with Gasteiger partial charge in [0.2, 0.25) is 0 Å². The van der Waals surface area contributed by atoms with Gasteiger partial charge in [0.1, 0.15) is 24.5 Å². The predicted molar refractivity (Wildman–Crippen MR) is 262 cm³/mol. The molecule has 1 aromatic rings. The van der Waals surface area contributed by atoms with Crippen molar-refractivity contribution in [3.63, 3.8) is 0 Å². The van der Waals surface area contributed by atoms with Crippen LogP contribution >= 0.6 is 0 Å². The lowest BCUT2D eigenvalue weighted by atomic mass is 10.0. The number of esters is 2. The first kappa shape index (κ1) is 57.6. The molecule has 1 unspecified atom stereocenters. The minimum absolute atomic E-state index is 0.0422. The summed E-state index contributed by atoms with van der Waals surface area (Å²) in [5.41, 5.74) is -0.513. The summed E-state index contributed by atoms with van der Waals surface area (Å²) in [6.45, 7) is 11.3. The summed E-state index contributed by atoms with van der Waals surface area (Å²) in [7, 11) is 3.91. The molecule has 0 amide bonds. The van der Waals surface area contributed by atoms with Gasteiger partial charge in [0.05, 0.1) is 0 Å². The molecule has 0 aliphatic rings. The van der Waals surface area contributed by atoms with E-state index in [1.807, 2.05) is 19.0 Å². The second-order valence-corrected chi connectivity index (χ2v) is 18.7. The summed E-state index contributed by atoms with van der Waals surface area (Å²) < 4.78 is 17.8. The monoisotopic (exact) mass is 875 g/mol. The zero-order valence-corrected chi connectivity index (χ0v) is 41.5. The van der Waals surface area contributed by atoms with Gasteiger partial charge in [0.15, 0.2) is 5.75 Å². The molecule has 1 rings (SSSR count). The lowest BCUT2D eigenvalue weighted by Crippen LogP contribution is -2.43. The van der Waals surface area contributed by atoms with E-state index in [0.717, 1.165) is 116 Å². The largest absolute Gasteiger partial charge is 0.486 e. The first-order valence-electron chi connectivity index (χ1n) is 26.4. The van der Waals surface area contributed by atoms with Crippen molar-refractivity contribution in [2.24, 2.45) is 0 Å². The van der Waals surface area contributed by atoms with Crippen LogP contribution in [0, 0.1) is 0 Å². The number of ether oxygens (including phenoxy) is 3. The molecule has 0 heterocycles. The number of unbranched alkanes of at least 4 members (excludes halogenated alkanes) is 23. The first-order valence-corrected chi connectivity index (χ1v) is 26.4. The van der Waals surface area contributed by atoms with Crippen LogP contribution in [-0.2, 0) is 19.1 Å². The second kappa shape index (κ2) is 40.1. The fourth-order valence-electron chi connectivity index (χ4n) is 8.44. The maximum atomic E-state index is 12.9. The van der Waals surface area contributed by atoms with Crippen molar-refractivity contribution in [2.75, 3.05) is 45.2 Å². The third-order valence-electron chi connectivity index (χ3n) is 12.4. The summed E-state index contributed by atoms with van der Waals surface area (Å²) in [6.07, 6.45) is 38.0. The van der Waals surface area contributed by atoms with E-state index in [4.69, 9.17) is 14.2 Å². The quantitative estimate of drug-likeness (QED) is 0.0360. The van der Waals surface area contributed by atoms with Gasteiger partial charge in [-0.25, -0.2) is 0 Å². The molecule has 0 aliphatic carbocycles. The van der Waals surface area contributed by atoms with Crippen LogP contribution in [0.15, 0.2) is 9.59 Å². The summed E-state index contributed by atoms with van der Waals surface area (Å²) in [4.78, 5) is 55.1. The van der Waals surface area contributed by atoms with Gasteiger partial charge in [-0.1, -0.05) is 169 Å². The van der Waals surface area contributed by atoms with Crippen molar-refractivity contribution in [1.29, 1.82) is 0 Å². The summed E-state index contributed by atoms with van der Waals surface area (Å²) >= 11 is 0. The SMILES string of the molecule is CCCCCCCCC(CCC)OC(=O)CCCCCCCN(CCCCCCCC(=O)OC(CCCCCCCC)CCCCCCCC)c1c(OCCN(C)C)c(=O)c1=O. The van der Waals surface area contributed by atoms with Gasteiger partial charge in [-0.05, 0) is 84.7 Å². The number of likely N-dealkylation sites (N-methyl/N-ethyl adjacent to an activating group) is 1. The predicted octanol–water partition coefficient (Wildman–Crippen LogP) is 13.6. The molecule has 1 atom stereocenters. The third kappa shape index (κ3) is 29.9. The normalized spacial score (nSPS) is 12.1. The summed E-state index contributed by atoms with van der Waals surface area (Å²) in [5, 5.41) is 0. The van der Waals surface area contributed by atoms with Gasteiger partial charge in [-0.3, -0.25) is 19.2 Å².